The second-order valence-electron chi connectivity index (χ2n) is 3.90. The fraction of sp³-hybridized carbons (Fsp3) is 0.308. The SMILES string of the molecule is CNCc1cc(COCc2ccccc2Br)on1. The summed E-state index contributed by atoms with van der Waals surface area (Å²) in [5, 5.41) is 6.94. The molecule has 96 valence electrons. The van der Waals surface area contributed by atoms with E-state index in [0.29, 0.717) is 19.8 Å². The lowest BCUT2D eigenvalue weighted by atomic mass is 10.2. The van der Waals surface area contributed by atoms with Gasteiger partial charge >= 0.3 is 0 Å². The lowest BCUT2D eigenvalue weighted by Gasteiger charge is -2.04. The summed E-state index contributed by atoms with van der Waals surface area (Å²) in [6.45, 7) is 1.68. The largest absolute Gasteiger partial charge is 0.369 e. The summed E-state index contributed by atoms with van der Waals surface area (Å²) in [5.41, 5.74) is 2.00. The van der Waals surface area contributed by atoms with Gasteiger partial charge in [-0.05, 0) is 18.7 Å². The number of nitrogens with one attached hydrogen (secondary N) is 1. The van der Waals surface area contributed by atoms with Crippen LogP contribution in [0.4, 0.5) is 0 Å². The van der Waals surface area contributed by atoms with Gasteiger partial charge in [0.25, 0.3) is 0 Å². The minimum atomic E-state index is 0.429. The highest BCUT2D eigenvalue weighted by Crippen LogP contribution is 2.17. The van der Waals surface area contributed by atoms with Gasteiger partial charge in [0, 0.05) is 17.1 Å². The number of hydrogen-bond acceptors (Lipinski definition) is 4. The van der Waals surface area contributed by atoms with Crippen LogP contribution in [0.3, 0.4) is 0 Å². The number of benzene rings is 1. The van der Waals surface area contributed by atoms with Crippen LogP contribution in [-0.2, 0) is 24.5 Å². The van der Waals surface area contributed by atoms with E-state index in [0.717, 1.165) is 21.5 Å². The molecule has 0 amide bonds. The minimum absolute atomic E-state index is 0.429. The summed E-state index contributed by atoms with van der Waals surface area (Å²) in [4.78, 5) is 0. The number of ether oxygens (including phenoxy) is 1. The van der Waals surface area contributed by atoms with Gasteiger partial charge < -0.3 is 14.6 Å². The van der Waals surface area contributed by atoms with E-state index >= 15 is 0 Å². The van der Waals surface area contributed by atoms with E-state index in [1.54, 1.807) is 0 Å². The molecule has 0 aliphatic rings. The van der Waals surface area contributed by atoms with Crippen LogP contribution < -0.4 is 5.32 Å². The zero-order chi connectivity index (χ0) is 12.8. The average Bonchev–Trinajstić information content (AvgIpc) is 2.80. The predicted octanol–water partition coefficient (Wildman–Crippen LogP) is 2.87. The first-order chi connectivity index (χ1) is 8.79. The highest BCUT2D eigenvalue weighted by Gasteiger charge is 2.04. The van der Waals surface area contributed by atoms with E-state index in [1.807, 2.05) is 37.4 Å². The maximum Gasteiger partial charge on any atom is 0.162 e. The van der Waals surface area contributed by atoms with Gasteiger partial charge in [-0.1, -0.05) is 39.3 Å². The molecule has 0 spiro atoms. The van der Waals surface area contributed by atoms with Gasteiger partial charge in [0.1, 0.15) is 6.61 Å². The van der Waals surface area contributed by atoms with Crippen LogP contribution in [0, 0.1) is 0 Å². The molecule has 0 saturated heterocycles. The Bertz CT molecular complexity index is 499. The van der Waals surface area contributed by atoms with E-state index in [4.69, 9.17) is 9.26 Å². The Kier molecular flexibility index (Phi) is 4.92. The van der Waals surface area contributed by atoms with Crippen LogP contribution in [0.15, 0.2) is 39.3 Å². The number of nitrogens with zero attached hydrogens (tertiary/aromatic N) is 1. The lowest BCUT2D eigenvalue weighted by Crippen LogP contribution is -2.04. The highest BCUT2D eigenvalue weighted by molar-refractivity contribution is 9.10. The van der Waals surface area contributed by atoms with Gasteiger partial charge in [-0.3, -0.25) is 0 Å². The first kappa shape index (κ1) is 13.3. The quantitative estimate of drug-likeness (QED) is 0.891. The van der Waals surface area contributed by atoms with Crippen molar-refractivity contribution in [3.05, 3.63) is 51.8 Å². The van der Waals surface area contributed by atoms with Crippen molar-refractivity contribution >= 4 is 15.9 Å². The van der Waals surface area contributed by atoms with Crippen molar-refractivity contribution < 1.29 is 9.26 Å². The van der Waals surface area contributed by atoms with Crippen LogP contribution >= 0.6 is 15.9 Å². The molecule has 0 atom stereocenters. The van der Waals surface area contributed by atoms with Crippen LogP contribution in [-0.4, -0.2) is 12.2 Å². The van der Waals surface area contributed by atoms with Crippen LogP contribution in [0.1, 0.15) is 17.0 Å². The van der Waals surface area contributed by atoms with Gasteiger partial charge in [-0.15, -0.1) is 0 Å². The second-order valence-corrected chi connectivity index (χ2v) is 4.75. The number of rotatable bonds is 6. The Morgan fingerprint density at radius 1 is 1.33 bits per heavy atom. The maximum absolute atomic E-state index is 5.59. The van der Waals surface area contributed by atoms with Crippen molar-refractivity contribution in [1.29, 1.82) is 0 Å². The van der Waals surface area contributed by atoms with Gasteiger partial charge in [0.2, 0.25) is 0 Å². The van der Waals surface area contributed by atoms with Crippen molar-refractivity contribution in [2.45, 2.75) is 19.8 Å². The van der Waals surface area contributed by atoms with Crippen molar-refractivity contribution in [3.63, 3.8) is 0 Å². The molecule has 0 unspecified atom stereocenters. The third-order valence-corrected chi connectivity index (χ3v) is 3.20. The topological polar surface area (TPSA) is 47.3 Å². The smallest absolute Gasteiger partial charge is 0.162 e. The molecule has 5 heteroatoms. The molecule has 1 aromatic carbocycles. The predicted molar refractivity (Wildman–Crippen MR) is 71.9 cm³/mol. The van der Waals surface area contributed by atoms with E-state index in [9.17, 15) is 0 Å². The third kappa shape index (κ3) is 3.66. The zero-order valence-electron chi connectivity index (χ0n) is 10.1. The lowest BCUT2D eigenvalue weighted by molar-refractivity contribution is 0.0879. The molecular formula is C13H15BrN2O2. The number of halogens is 1. The van der Waals surface area contributed by atoms with Crippen LogP contribution in [0.5, 0.6) is 0 Å². The Morgan fingerprint density at radius 3 is 2.94 bits per heavy atom. The fourth-order valence-corrected chi connectivity index (χ4v) is 1.96. The molecule has 2 rings (SSSR count). The van der Waals surface area contributed by atoms with E-state index in [1.165, 1.54) is 0 Å². The van der Waals surface area contributed by atoms with Crippen molar-refractivity contribution in [2.24, 2.45) is 0 Å². The maximum atomic E-state index is 5.59. The monoisotopic (exact) mass is 310 g/mol. The van der Waals surface area contributed by atoms with Crippen LogP contribution in [0.2, 0.25) is 0 Å². The first-order valence-electron chi connectivity index (χ1n) is 5.70. The molecule has 4 nitrogen and oxygen atoms in total. The molecule has 0 aliphatic carbocycles. The van der Waals surface area contributed by atoms with Crippen molar-refractivity contribution in [1.82, 2.24) is 10.5 Å². The Labute approximate surface area is 114 Å². The summed E-state index contributed by atoms with van der Waals surface area (Å²) in [6.07, 6.45) is 0. The summed E-state index contributed by atoms with van der Waals surface area (Å²) in [7, 11) is 1.87. The molecule has 1 N–H and O–H groups in total. The fourth-order valence-electron chi connectivity index (χ4n) is 1.57. The first-order valence-corrected chi connectivity index (χ1v) is 6.49. The Hall–Kier alpha value is -1.17. The second kappa shape index (κ2) is 6.68. The van der Waals surface area contributed by atoms with Gasteiger partial charge in [-0.2, -0.15) is 0 Å². The summed E-state index contributed by atoms with van der Waals surface area (Å²) in [6, 6.07) is 9.89. The molecule has 1 heterocycles. The van der Waals surface area contributed by atoms with Crippen molar-refractivity contribution in [3.8, 4) is 0 Å². The van der Waals surface area contributed by atoms with Gasteiger partial charge in [0.15, 0.2) is 5.76 Å². The standard InChI is InChI=1S/C13H15BrN2O2/c1-15-7-11-6-12(18-16-11)9-17-8-10-4-2-3-5-13(10)14/h2-6,15H,7-9H2,1H3. The molecule has 0 aliphatic heterocycles. The Balaban J connectivity index is 1.83. The molecule has 1 aromatic heterocycles. The van der Waals surface area contributed by atoms with E-state index < -0.39 is 0 Å². The zero-order valence-corrected chi connectivity index (χ0v) is 11.7. The van der Waals surface area contributed by atoms with E-state index in [-0.39, 0.29) is 0 Å². The molecule has 0 bridgehead atoms. The summed E-state index contributed by atoms with van der Waals surface area (Å²) in [5.74, 6) is 0.743. The molecule has 18 heavy (non-hydrogen) atoms. The van der Waals surface area contributed by atoms with Gasteiger partial charge in [-0.25, -0.2) is 0 Å². The normalized spacial score (nSPS) is 10.8. The molecule has 0 saturated carbocycles. The summed E-state index contributed by atoms with van der Waals surface area (Å²) >= 11 is 3.48. The third-order valence-electron chi connectivity index (χ3n) is 2.43. The van der Waals surface area contributed by atoms with E-state index in [2.05, 4.69) is 26.4 Å². The average molecular weight is 311 g/mol. The number of hydrogen-bond donors (Lipinski definition) is 1. The molecule has 0 fully saturated rings. The number of aromatic nitrogens is 1. The van der Waals surface area contributed by atoms with Crippen molar-refractivity contribution in [2.75, 3.05) is 7.05 Å². The van der Waals surface area contributed by atoms with Gasteiger partial charge in [0.05, 0.1) is 12.3 Å². The molecule has 2 aromatic rings. The molecule has 0 radical (unpaired) electrons. The van der Waals surface area contributed by atoms with Crippen LogP contribution in [0.25, 0.3) is 0 Å². The Morgan fingerprint density at radius 2 is 2.17 bits per heavy atom. The minimum Gasteiger partial charge on any atom is -0.369 e. The molecular weight excluding hydrogens is 296 g/mol. The highest BCUT2D eigenvalue weighted by atomic mass is 79.9. The summed E-state index contributed by atoms with van der Waals surface area (Å²) < 4.78 is 11.8.